The number of ether oxygens (including phenoxy) is 1. The summed E-state index contributed by atoms with van der Waals surface area (Å²) in [4.78, 5) is 11.8. The van der Waals surface area contributed by atoms with E-state index in [9.17, 15) is 4.79 Å². The highest BCUT2D eigenvalue weighted by Crippen LogP contribution is 2.60. The fourth-order valence-electron chi connectivity index (χ4n) is 5.03. The van der Waals surface area contributed by atoms with Gasteiger partial charge in [0, 0.05) is 0 Å². The predicted molar refractivity (Wildman–Crippen MR) is 71.2 cm³/mol. The van der Waals surface area contributed by atoms with Crippen LogP contribution in [0.5, 0.6) is 0 Å². The summed E-state index contributed by atoms with van der Waals surface area (Å²) < 4.78 is 5.86. The maximum absolute atomic E-state index is 11.8. The van der Waals surface area contributed by atoms with Gasteiger partial charge in [-0.2, -0.15) is 0 Å². The molecule has 0 unspecified atom stereocenters. The van der Waals surface area contributed by atoms with Gasteiger partial charge < -0.3 is 4.74 Å². The van der Waals surface area contributed by atoms with Crippen LogP contribution in [0.15, 0.2) is 11.6 Å². The van der Waals surface area contributed by atoms with E-state index in [2.05, 4.69) is 13.5 Å². The molecule has 4 aliphatic carbocycles. The lowest BCUT2D eigenvalue weighted by molar-refractivity contribution is -0.206. The van der Waals surface area contributed by atoms with Crippen molar-refractivity contribution in [3.63, 3.8) is 0 Å². The van der Waals surface area contributed by atoms with E-state index >= 15 is 0 Å². The SMILES string of the molecule is C=C(Cl)C(=O)OC1(CC)C2CC3CC(C2)CC1C3. The van der Waals surface area contributed by atoms with Gasteiger partial charge in [0.1, 0.15) is 10.6 Å². The average Bonchev–Trinajstić information content (AvgIpc) is 2.32. The van der Waals surface area contributed by atoms with Crippen molar-refractivity contribution in [2.75, 3.05) is 0 Å². The van der Waals surface area contributed by atoms with E-state index in [1.165, 1.54) is 32.1 Å². The standard InChI is InChI=1S/C15H21ClO2/c1-3-15(18-14(17)9(2)16)12-5-10-4-11(7-12)8-13(15)6-10/h10-13H,2-8H2,1H3. The first-order valence-corrected chi connectivity index (χ1v) is 7.50. The molecule has 0 aromatic heterocycles. The summed E-state index contributed by atoms with van der Waals surface area (Å²) in [6.07, 6.45) is 7.28. The van der Waals surface area contributed by atoms with Gasteiger partial charge in [0.25, 0.3) is 0 Å². The molecule has 0 aliphatic heterocycles. The number of halogens is 1. The molecule has 18 heavy (non-hydrogen) atoms. The van der Waals surface area contributed by atoms with E-state index in [1.807, 2.05) is 0 Å². The van der Waals surface area contributed by atoms with Crippen molar-refractivity contribution in [1.29, 1.82) is 0 Å². The zero-order valence-electron chi connectivity index (χ0n) is 11.0. The van der Waals surface area contributed by atoms with Crippen molar-refractivity contribution >= 4 is 17.6 Å². The maximum Gasteiger partial charge on any atom is 0.349 e. The van der Waals surface area contributed by atoms with E-state index in [0.29, 0.717) is 11.8 Å². The number of hydrogen-bond donors (Lipinski definition) is 0. The zero-order chi connectivity index (χ0) is 12.9. The molecule has 4 saturated carbocycles. The van der Waals surface area contributed by atoms with Gasteiger partial charge in [0.2, 0.25) is 0 Å². The van der Waals surface area contributed by atoms with Crippen molar-refractivity contribution in [3.8, 4) is 0 Å². The van der Waals surface area contributed by atoms with Crippen LogP contribution >= 0.6 is 11.6 Å². The minimum Gasteiger partial charge on any atom is -0.454 e. The predicted octanol–water partition coefficient (Wildman–Crippen LogP) is 3.89. The Balaban J connectivity index is 1.87. The Morgan fingerprint density at radius 3 is 2.11 bits per heavy atom. The Labute approximate surface area is 114 Å². The van der Waals surface area contributed by atoms with Crippen LogP contribution < -0.4 is 0 Å². The molecule has 4 bridgehead atoms. The first-order valence-electron chi connectivity index (χ1n) is 7.13. The maximum atomic E-state index is 11.8. The topological polar surface area (TPSA) is 26.3 Å². The molecule has 0 aromatic carbocycles. The third-order valence-corrected chi connectivity index (χ3v) is 5.73. The first-order chi connectivity index (χ1) is 8.55. The second kappa shape index (κ2) is 4.26. The Bertz CT molecular complexity index is 360. The second-order valence-corrected chi connectivity index (χ2v) is 6.86. The quantitative estimate of drug-likeness (QED) is 0.573. The molecule has 4 fully saturated rings. The Hall–Kier alpha value is -0.500. The molecule has 2 nitrogen and oxygen atoms in total. The van der Waals surface area contributed by atoms with Crippen molar-refractivity contribution in [1.82, 2.24) is 0 Å². The molecule has 4 aliphatic rings. The van der Waals surface area contributed by atoms with Crippen molar-refractivity contribution in [2.45, 2.75) is 51.0 Å². The molecule has 0 aromatic rings. The number of rotatable bonds is 3. The largest absolute Gasteiger partial charge is 0.454 e. The highest BCUT2D eigenvalue weighted by atomic mass is 35.5. The Morgan fingerprint density at radius 2 is 1.72 bits per heavy atom. The summed E-state index contributed by atoms with van der Waals surface area (Å²) in [5, 5.41) is 0.0108. The first kappa shape index (κ1) is 12.5. The van der Waals surface area contributed by atoms with Crippen LogP contribution in [0.3, 0.4) is 0 Å². The molecule has 0 N–H and O–H groups in total. The van der Waals surface area contributed by atoms with Crippen molar-refractivity contribution in [2.24, 2.45) is 23.7 Å². The summed E-state index contributed by atoms with van der Waals surface area (Å²) >= 11 is 5.69. The molecule has 0 radical (unpaired) electrons. The van der Waals surface area contributed by atoms with Crippen LogP contribution in [0.4, 0.5) is 0 Å². The summed E-state index contributed by atoms with van der Waals surface area (Å²) in [6, 6.07) is 0. The lowest BCUT2D eigenvalue weighted by Gasteiger charge is -2.60. The Kier molecular flexibility index (Phi) is 2.97. The van der Waals surface area contributed by atoms with Gasteiger partial charge >= 0.3 is 5.97 Å². The van der Waals surface area contributed by atoms with E-state index < -0.39 is 5.97 Å². The zero-order valence-corrected chi connectivity index (χ0v) is 11.7. The highest BCUT2D eigenvalue weighted by Gasteiger charge is 2.58. The van der Waals surface area contributed by atoms with Crippen molar-refractivity contribution < 1.29 is 9.53 Å². The van der Waals surface area contributed by atoms with Crippen LogP contribution in [0.1, 0.15) is 45.4 Å². The normalized spacial score (nSPS) is 45.0. The fraction of sp³-hybridized carbons (Fsp3) is 0.800. The fourth-order valence-corrected chi connectivity index (χ4v) is 5.06. The molecule has 0 saturated heterocycles. The van der Waals surface area contributed by atoms with E-state index in [0.717, 1.165) is 18.3 Å². The second-order valence-electron chi connectivity index (χ2n) is 6.41. The van der Waals surface area contributed by atoms with Crippen LogP contribution in [-0.4, -0.2) is 11.6 Å². The minimum atomic E-state index is -0.411. The lowest BCUT2D eigenvalue weighted by Crippen LogP contribution is -2.59. The minimum absolute atomic E-state index is 0.0108. The number of esters is 1. The summed E-state index contributed by atoms with van der Waals surface area (Å²) in [5.41, 5.74) is -0.248. The molecule has 0 heterocycles. The highest BCUT2D eigenvalue weighted by molar-refractivity contribution is 6.40. The molecular weight excluding hydrogens is 248 g/mol. The van der Waals surface area contributed by atoms with Gasteiger partial charge in [0.15, 0.2) is 0 Å². The van der Waals surface area contributed by atoms with E-state index in [4.69, 9.17) is 16.3 Å². The number of hydrogen-bond acceptors (Lipinski definition) is 2. The van der Waals surface area contributed by atoms with Crippen LogP contribution in [0.2, 0.25) is 0 Å². The smallest absolute Gasteiger partial charge is 0.349 e. The van der Waals surface area contributed by atoms with Crippen LogP contribution in [0.25, 0.3) is 0 Å². The van der Waals surface area contributed by atoms with Gasteiger partial charge in [-0.15, -0.1) is 0 Å². The van der Waals surface area contributed by atoms with Crippen LogP contribution in [-0.2, 0) is 9.53 Å². The van der Waals surface area contributed by atoms with Crippen LogP contribution in [0, 0.1) is 23.7 Å². The molecule has 0 amide bonds. The van der Waals surface area contributed by atoms with Gasteiger partial charge in [-0.1, -0.05) is 25.1 Å². The molecule has 0 spiro atoms. The van der Waals surface area contributed by atoms with Gasteiger partial charge in [0.05, 0.1) is 0 Å². The van der Waals surface area contributed by atoms with E-state index in [1.54, 1.807) is 0 Å². The molecule has 4 rings (SSSR count). The lowest BCUT2D eigenvalue weighted by atomic mass is 9.49. The Morgan fingerprint density at radius 1 is 1.22 bits per heavy atom. The summed E-state index contributed by atoms with van der Waals surface area (Å²) in [5.74, 6) is 2.46. The average molecular weight is 269 g/mol. The number of carbonyl (C=O) groups excluding carboxylic acids is 1. The van der Waals surface area contributed by atoms with Gasteiger partial charge in [-0.05, 0) is 62.2 Å². The molecular formula is C15H21ClO2. The van der Waals surface area contributed by atoms with Gasteiger partial charge in [-0.25, -0.2) is 4.79 Å². The number of carbonyl (C=O) groups is 1. The third kappa shape index (κ3) is 1.72. The molecule has 100 valence electrons. The molecule has 3 heteroatoms. The summed E-state index contributed by atoms with van der Waals surface area (Å²) in [6.45, 7) is 5.64. The van der Waals surface area contributed by atoms with E-state index in [-0.39, 0.29) is 10.6 Å². The monoisotopic (exact) mass is 268 g/mol. The summed E-state index contributed by atoms with van der Waals surface area (Å²) in [7, 11) is 0. The third-order valence-electron chi connectivity index (χ3n) is 5.58. The van der Waals surface area contributed by atoms with Crippen molar-refractivity contribution in [3.05, 3.63) is 11.6 Å². The molecule has 0 atom stereocenters. The van der Waals surface area contributed by atoms with Gasteiger partial charge in [-0.3, -0.25) is 0 Å².